The SMILES string of the molecule is CNC(NC)=[O+][N+]1(C)NN(C)c2ccccc21. The molecule has 0 saturated carbocycles. The molecule has 1 aromatic rings. The molecule has 1 aromatic carbocycles. The number of hydrogen-bond acceptors (Lipinski definition) is 2. The molecule has 0 spiro atoms. The van der Waals surface area contributed by atoms with Gasteiger partial charge in [0.15, 0.2) is 7.05 Å². The lowest BCUT2D eigenvalue weighted by Crippen LogP contribution is -2.53. The number of amides is 2. The number of nitrogens with zero attached hydrogens (tertiary/aromatic N) is 2. The van der Waals surface area contributed by atoms with Crippen molar-refractivity contribution in [1.82, 2.24) is 20.9 Å². The first kappa shape index (κ1) is 11.7. The van der Waals surface area contributed by atoms with Gasteiger partial charge in [-0.3, -0.25) is 15.6 Å². The zero-order valence-electron chi connectivity index (χ0n) is 10.6. The first-order valence-electron chi connectivity index (χ1n) is 5.50. The molecule has 92 valence electrons. The molecule has 2 rings (SSSR count). The molecule has 1 aliphatic heterocycles. The largest absolute Gasteiger partial charge is 0.590 e. The molecule has 1 atom stereocenters. The summed E-state index contributed by atoms with van der Waals surface area (Å²) in [5, 5.41) is 7.86. The predicted molar refractivity (Wildman–Crippen MR) is 69.2 cm³/mol. The van der Waals surface area contributed by atoms with Crippen LogP contribution in [0.25, 0.3) is 0 Å². The van der Waals surface area contributed by atoms with Gasteiger partial charge in [0.2, 0.25) is 0 Å². The number of fused-ring (bicyclic) bond motifs is 1. The van der Waals surface area contributed by atoms with Gasteiger partial charge in [-0.15, -0.1) is 0 Å². The average Bonchev–Trinajstić information content (AvgIpc) is 2.60. The van der Waals surface area contributed by atoms with Crippen molar-refractivity contribution in [2.45, 2.75) is 0 Å². The summed E-state index contributed by atoms with van der Waals surface area (Å²) in [6.07, 6.45) is 0. The van der Waals surface area contributed by atoms with Gasteiger partial charge < -0.3 is 0 Å². The van der Waals surface area contributed by atoms with Crippen LogP contribution in [0.4, 0.5) is 15.9 Å². The number of hydroxylamine groups is 1. The van der Waals surface area contributed by atoms with Gasteiger partial charge in [-0.2, -0.15) is 0 Å². The van der Waals surface area contributed by atoms with Crippen LogP contribution < -0.4 is 25.9 Å². The van der Waals surface area contributed by atoms with Crippen molar-refractivity contribution in [2.24, 2.45) is 0 Å². The molecular weight excluding hydrogens is 218 g/mol. The van der Waals surface area contributed by atoms with Crippen LogP contribution in [0.1, 0.15) is 0 Å². The standard InChI is InChI=1S/C11H19N5O/c1-12-11(13-2)17-16(4)10-8-6-5-7-9(10)15(3)14-16/h5-8,12-14H,1-4H3/q+2. The first-order chi connectivity index (χ1) is 8.10. The van der Waals surface area contributed by atoms with Crippen molar-refractivity contribution >= 4 is 17.4 Å². The third kappa shape index (κ3) is 1.92. The zero-order chi connectivity index (χ0) is 12.5. The fraction of sp³-hybridized carbons (Fsp3) is 0.364. The Morgan fingerprint density at radius 2 is 1.94 bits per heavy atom. The summed E-state index contributed by atoms with van der Waals surface area (Å²) in [6.45, 7) is 0. The summed E-state index contributed by atoms with van der Waals surface area (Å²) in [7, 11) is 7.52. The minimum absolute atomic E-state index is 0.156. The number of nitrogens with one attached hydrogen (secondary N) is 3. The Balaban J connectivity index is 2.44. The number of quaternary nitrogens is 1. The molecule has 17 heavy (non-hydrogen) atoms. The highest BCUT2D eigenvalue weighted by Crippen LogP contribution is 2.37. The van der Waals surface area contributed by atoms with Crippen molar-refractivity contribution in [1.29, 1.82) is 0 Å². The number of para-hydroxylation sites is 2. The maximum absolute atomic E-state index is 5.87. The Bertz CT molecular complexity index is 441. The van der Waals surface area contributed by atoms with Crippen LogP contribution in [-0.4, -0.2) is 34.2 Å². The second-order valence-electron chi connectivity index (χ2n) is 3.99. The van der Waals surface area contributed by atoms with E-state index in [2.05, 4.69) is 16.2 Å². The second kappa shape index (κ2) is 4.23. The van der Waals surface area contributed by atoms with Crippen LogP contribution in [0, 0.1) is 0 Å². The summed E-state index contributed by atoms with van der Waals surface area (Å²) in [5.41, 5.74) is 5.39. The number of anilines is 1. The topological polar surface area (TPSA) is 50.6 Å². The third-order valence-electron chi connectivity index (χ3n) is 2.77. The summed E-state index contributed by atoms with van der Waals surface area (Å²) in [4.78, 5) is 0. The number of rotatable bonds is 1. The second-order valence-corrected chi connectivity index (χ2v) is 3.99. The van der Waals surface area contributed by atoms with Crippen LogP contribution in [-0.2, 0) is 0 Å². The fourth-order valence-corrected chi connectivity index (χ4v) is 1.97. The molecule has 2 amide bonds. The van der Waals surface area contributed by atoms with E-state index < -0.39 is 0 Å². The summed E-state index contributed by atoms with van der Waals surface area (Å²) in [5.74, 6) is 0. The molecule has 3 N–H and O–H groups in total. The molecule has 0 aliphatic carbocycles. The molecule has 6 nitrogen and oxygen atoms in total. The lowest BCUT2D eigenvalue weighted by molar-refractivity contribution is -0.383. The molecule has 0 saturated heterocycles. The highest BCUT2D eigenvalue weighted by molar-refractivity contribution is 5.75. The molecule has 0 fully saturated rings. The van der Waals surface area contributed by atoms with E-state index in [1.165, 1.54) is 0 Å². The normalized spacial score (nSPS) is 22.0. The smallest absolute Gasteiger partial charge is 0.285 e. The maximum atomic E-state index is 5.87. The van der Waals surface area contributed by atoms with Crippen molar-refractivity contribution in [3.05, 3.63) is 24.3 Å². The van der Waals surface area contributed by atoms with Crippen LogP contribution in [0.5, 0.6) is 0 Å². The molecule has 0 aromatic heterocycles. The van der Waals surface area contributed by atoms with E-state index in [9.17, 15) is 0 Å². The fourth-order valence-electron chi connectivity index (χ4n) is 1.97. The van der Waals surface area contributed by atoms with Crippen molar-refractivity contribution in [3.63, 3.8) is 0 Å². The minimum atomic E-state index is 0.156. The van der Waals surface area contributed by atoms with Crippen molar-refractivity contribution in [3.8, 4) is 0 Å². The van der Waals surface area contributed by atoms with Crippen LogP contribution in [0.3, 0.4) is 0 Å². The lowest BCUT2D eigenvalue weighted by atomic mass is 10.2. The molecule has 6 heteroatoms. The van der Waals surface area contributed by atoms with Crippen LogP contribution in [0.15, 0.2) is 24.3 Å². The van der Waals surface area contributed by atoms with E-state index in [-0.39, 0.29) is 4.76 Å². The van der Waals surface area contributed by atoms with E-state index in [0.29, 0.717) is 6.03 Å². The minimum Gasteiger partial charge on any atom is -0.285 e. The predicted octanol–water partition coefficient (Wildman–Crippen LogP) is 0.503. The zero-order valence-corrected chi connectivity index (χ0v) is 10.6. The Morgan fingerprint density at radius 1 is 1.29 bits per heavy atom. The average molecular weight is 237 g/mol. The van der Waals surface area contributed by atoms with Crippen LogP contribution in [0.2, 0.25) is 0 Å². The Hall–Kier alpha value is -1.79. The summed E-state index contributed by atoms with van der Waals surface area (Å²) >= 11 is 0. The van der Waals surface area contributed by atoms with Gasteiger partial charge >= 0.3 is 6.03 Å². The number of urea groups is 1. The molecule has 1 aliphatic rings. The van der Waals surface area contributed by atoms with Gasteiger partial charge in [0.25, 0.3) is 5.69 Å². The van der Waals surface area contributed by atoms with E-state index in [1.807, 2.05) is 57.5 Å². The van der Waals surface area contributed by atoms with E-state index in [1.54, 1.807) is 0 Å². The van der Waals surface area contributed by atoms with Gasteiger partial charge in [-0.05, 0) is 6.07 Å². The quantitative estimate of drug-likeness (QED) is 0.492. The first-order valence-corrected chi connectivity index (χ1v) is 5.50. The Labute approximate surface area is 101 Å². The molecule has 0 radical (unpaired) electrons. The Morgan fingerprint density at radius 3 is 2.59 bits per heavy atom. The van der Waals surface area contributed by atoms with E-state index in [4.69, 9.17) is 4.53 Å². The lowest BCUT2D eigenvalue weighted by Gasteiger charge is -2.10. The number of benzene rings is 1. The highest BCUT2D eigenvalue weighted by Gasteiger charge is 2.48. The van der Waals surface area contributed by atoms with Crippen molar-refractivity contribution < 1.29 is 4.53 Å². The van der Waals surface area contributed by atoms with Gasteiger partial charge in [-0.25, -0.2) is 0 Å². The molecule has 1 heterocycles. The van der Waals surface area contributed by atoms with Gasteiger partial charge in [0.1, 0.15) is 10.4 Å². The van der Waals surface area contributed by atoms with Crippen molar-refractivity contribution in [2.75, 3.05) is 33.2 Å². The third-order valence-corrected chi connectivity index (χ3v) is 2.77. The molecule has 0 bridgehead atoms. The van der Waals surface area contributed by atoms with E-state index in [0.717, 1.165) is 11.4 Å². The summed E-state index contributed by atoms with van der Waals surface area (Å²) in [6, 6.07) is 8.69. The Kier molecular flexibility index (Phi) is 2.91. The number of carbonyl (C=O) groups excluding carboxylic acids is 1. The number of hydrazine groups is 1. The maximum Gasteiger partial charge on any atom is 0.590 e. The number of hydrogen-bond donors (Lipinski definition) is 3. The monoisotopic (exact) mass is 237 g/mol. The van der Waals surface area contributed by atoms with Gasteiger partial charge in [0, 0.05) is 37.3 Å². The summed E-state index contributed by atoms with van der Waals surface area (Å²) < 4.78 is 6.03. The molecule has 1 unspecified atom stereocenters. The van der Waals surface area contributed by atoms with Crippen LogP contribution >= 0.6 is 0 Å². The van der Waals surface area contributed by atoms with Gasteiger partial charge in [-0.1, -0.05) is 12.1 Å². The molecular formula is C11H19N5O+2. The highest BCUT2D eigenvalue weighted by atomic mass is 16.7. The van der Waals surface area contributed by atoms with Gasteiger partial charge in [0.05, 0.1) is 0 Å². The van der Waals surface area contributed by atoms with E-state index >= 15 is 0 Å².